The van der Waals surface area contributed by atoms with Gasteiger partial charge in [0.05, 0.1) is 6.42 Å². The molecule has 1 aliphatic carbocycles. The van der Waals surface area contributed by atoms with Crippen LogP contribution in [-0.2, 0) is 11.2 Å². The lowest BCUT2D eigenvalue weighted by Crippen LogP contribution is -2.30. The van der Waals surface area contributed by atoms with Gasteiger partial charge in [-0.25, -0.2) is 0 Å². The fourth-order valence-corrected chi connectivity index (χ4v) is 2.02. The lowest BCUT2D eigenvalue weighted by molar-refractivity contribution is -0.120. The van der Waals surface area contributed by atoms with Gasteiger partial charge < -0.3 is 10.4 Å². The second kappa shape index (κ2) is 5.21. The molecule has 1 aliphatic rings. The van der Waals surface area contributed by atoms with Gasteiger partial charge in [0.15, 0.2) is 0 Å². The summed E-state index contributed by atoms with van der Waals surface area (Å²) >= 11 is 0. The summed E-state index contributed by atoms with van der Waals surface area (Å²) in [5, 5.41) is 12.2. The second-order valence-corrected chi connectivity index (χ2v) is 4.97. The van der Waals surface area contributed by atoms with Gasteiger partial charge in [-0.3, -0.25) is 4.79 Å². The van der Waals surface area contributed by atoms with Gasteiger partial charge in [-0.1, -0.05) is 19.1 Å². The molecule has 0 bridgehead atoms. The van der Waals surface area contributed by atoms with Gasteiger partial charge in [0.1, 0.15) is 5.75 Å². The van der Waals surface area contributed by atoms with Crippen LogP contribution >= 0.6 is 0 Å². The molecule has 1 atom stereocenters. The molecule has 3 heteroatoms. The first-order chi connectivity index (χ1) is 8.15. The van der Waals surface area contributed by atoms with E-state index < -0.39 is 0 Å². The zero-order valence-corrected chi connectivity index (χ0v) is 10.1. The maximum Gasteiger partial charge on any atom is 0.224 e. The van der Waals surface area contributed by atoms with Crippen LogP contribution in [0.15, 0.2) is 24.3 Å². The summed E-state index contributed by atoms with van der Waals surface area (Å²) in [6, 6.07) is 6.84. The van der Waals surface area contributed by atoms with Crippen molar-refractivity contribution in [1.82, 2.24) is 5.32 Å². The Hall–Kier alpha value is -1.51. The molecule has 1 saturated carbocycles. The van der Waals surface area contributed by atoms with Crippen LogP contribution in [-0.4, -0.2) is 17.6 Å². The van der Waals surface area contributed by atoms with Gasteiger partial charge in [0, 0.05) is 6.54 Å². The van der Waals surface area contributed by atoms with Crippen LogP contribution in [0.3, 0.4) is 0 Å². The van der Waals surface area contributed by atoms with Crippen molar-refractivity contribution in [3.05, 3.63) is 29.8 Å². The molecule has 1 aromatic carbocycles. The Balaban J connectivity index is 1.76. The first-order valence-corrected chi connectivity index (χ1v) is 6.20. The molecular weight excluding hydrogens is 214 g/mol. The van der Waals surface area contributed by atoms with E-state index in [0.717, 1.165) is 18.0 Å². The molecule has 92 valence electrons. The fraction of sp³-hybridized carbons (Fsp3) is 0.500. The molecule has 0 spiro atoms. The highest BCUT2D eigenvalue weighted by Crippen LogP contribution is 2.36. The van der Waals surface area contributed by atoms with Crippen molar-refractivity contribution in [2.24, 2.45) is 11.8 Å². The highest BCUT2D eigenvalue weighted by atomic mass is 16.3. The molecule has 17 heavy (non-hydrogen) atoms. The van der Waals surface area contributed by atoms with Crippen LogP contribution in [0.25, 0.3) is 0 Å². The Morgan fingerprint density at radius 2 is 2.29 bits per heavy atom. The number of hydrogen-bond donors (Lipinski definition) is 2. The third kappa shape index (κ3) is 3.77. The topological polar surface area (TPSA) is 49.3 Å². The standard InChI is InChI=1S/C14H19NO2/c1-10(12-5-6-12)9-15-14(17)8-11-3-2-4-13(16)7-11/h2-4,7,10,12,16H,5-6,8-9H2,1H3,(H,15,17). The Morgan fingerprint density at radius 1 is 1.53 bits per heavy atom. The zero-order chi connectivity index (χ0) is 12.3. The lowest BCUT2D eigenvalue weighted by Gasteiger charge is -2.11. The molecule has 0 radical (unpaired) electrons. The Kier molecular flexibility index (Phi) is 3.67. The molecule has 2 rings (SSSR count). The number of amides is 1. The van der Waals surface area contributed by atoms with Crippen LogP contribution in [0.1, 0.15) is 25.3 Å². The van der Waals surface area contributed by atoms with Crippen molar-refractivity contribution in [2.45, 2.75) is 26.2 Å². The number of nitrogens with one attached hydrogen (secondary N) is 1. The number of phenols is 1. The molecule has 0 aromatic heterocycles. The van der Waals surface area contributed by atoms with Crippen molar-refractivity contribution in [1.29, 1.82) is 0 Å². The van der Waals surface area contributed by atoms with Gasteiger partial charge in [0.2, 0.25) is 5.91 Å². The van der Waals surface area contributed by atoms with E-state index in [2.05, 4.69) is 12.2 Å². The van der Waals surface area contributed by atoms with Gasteiger partial charge >= 0.3 is 0 Å². The Bertz CT molecular complexity index is 399. The van der Waals surface area contributed by atoms with E-state index in [-0.39, 0.29) is 11.7 Å². The first kappa shape index (κ1) is 12.0. The number of aromatic hydroxyl groups is 1. The number of carbonyl (C=O) groups is 1. The molecule has 0 aliphatic heterocycles. The number of phenolic OH excluding ortho intramolecular Hbond substituents is 1. The van der Waals surface area contributed by atoms with Gasteiger partial charge in [-0.05, 0) is 42.4 Å². The van der Waals surface area contributed by atoms with E-state index in [1.165, 1.54) is 12.8 Å². The summed E-state index contributed by atoms with van der Waals surface area (Å²) in [6.45, 7) is 2.95. The Labute approximate surface area is 102 Å². The summed E-state index contributed by atoms with van der Waals surface area (Å²) < 4.78 is 0. The normalized spacial score (nSPS) is 16.5. The summed E-state index contributed by atoms with van der Waals surface area (Å²) in [4.78, 5) is 11.7. The zero-order valence-electron chi connectivity index (χ0n) is 10.1. The number of carbonyl (C=O) groups excluding carboxylic acids is 1. The largest absolute Gasteiger partial charge is 0.508 e. The minimum atomic E-state index is 0.0306. The monoisotopic (exact) mass is 233 g/mol. The van der Waals surface area contributed by atoms with E-state index in [0.29, 0.717) is 12.3 Å². The summed E-state index contributed by atoms with van der Waals surface area (Å²) in [5.74, 6) is 1.64. The van der Waals surface area contributed by atoms with Crippen LogP contribution in [0.2, 0.25) is 0 Å². The molecule has 0 heterocycles. The van der Waals surface area contributed by atoms with Crippen molar-refractivity contribution < 1.29 is 9.90 Å². The maximum absolute atomic E-state index is 11.7. The predicted octanol–water partition coefficient (Wildman–Crippen LogP) is 2.10. The van der Waals surface area contributed by atoms with Gasteiger partial charge in [0.25, 0.3) is 0 Å². The number of benzene rings is 1. The fourth-order valence-electron chi connectivity index (χ4n) is 2.02. The number of hydrogen-bond acceptors (Lipinski definition) is 2. The molecular formula is C14H19NO2. The quantitative estimate of drug-likeness (QED) is 0.818. The Morgan fingerprint density at radius 3 is 2.94 bits per heavy atom. The van der Waals surface area contributed by atoms with Gasteiger partial charge in [-0.15, -0.1) is 0 Å². The summed E-state index contributed by atoms with van der Waals surface area (Å²) in [5.41, 5.74) is 0.849. The molecule has 1 amide bonds. The van der Waals surface area contributed by atoms with E-state index in [9.17, 15) is 9.90 Å². The molecule has 1 unspecified atom stereocenters. The molecule has 3 nitrogen and oxygen atoms in total. The smallest absolute Gasteiger partial charge is 0.224 e. The maximum atomic E-state index is 11.7. The van der Waals surface area contributed by atoms with Crippen LogP contribution in [0, 0.1) is 11.8 Å². The average molecular weight is 233 g/mol. The average Bonchev–Trinajstić information content (AvgIpc) is 3.09. The van der Waals surface area contributed by atoms with Gasteiger partial charge in [-0.2, -0.15) is 0 Å². The summed E-state index contributed by atoms with van der Waals surface area (Å²) in [6.07, 6.45) is 2.96. The minimum Gasteiger partial charge on any atom is -0.508 e. The van der Waals surface area contributed by atoms with E-state index in [1.54, 1.807) is 18.2 Å². The third-order valence-electron chi connectivity index (χ3n) is 3.32. The minimum absolute atomic E-state index is 0.0306. The highest BCUT2D eigenvalue weighted by molar-refractivity contribution is 5.78. The van der Waals surface area contributed by atoms with Crippen molar-refractivity contribution >= 4 is 5.91 Å². The van der Waals surface area contributed by atoms with E-state index in [1.807, 2.05) is 6.07 Å². The molecule has 1 aromatic rings. The summed E-state index contributed by atoms with van der Waals surface area (Å²) in [7, 11) is 0. The van der Waals surface area contributed by atoms with Crippen molar-refractivity contribution in [3.8, 4) is 5.75 Å². The molecule has 2 N–H and O–H groups in total. The van der Waals surface area contributed by atoms with E-state index in [4.69, 9.17) is 0 Å². The predicted molar refractivity (Wildman–Crippen MR) is 66.7 cm³/mol. The van der Waals surface area contributed by atoms with E-state index >= 15 is 0 Å². The second-order valence-electron chi connectivity index (χ2n) is 4.97. The van der Waals surface area contributed by atoms with Crippen molar-refractivity contribution in [3.63, 3.8) is 0 Å². The van der Waals surface area contributed by atoms with Crippen LogP contribution in [0.4, 0.5) is 0 Å². The molecule has 0 saturated heterocycles. The highest BCUT2D eigenvalue weighted by Gasteiger charge is 2.27. The third-order valence-corrected chi connectivity index (χ3v) is 3.32. The SMILES string of the molecule is CC(CNC(=O)Cc1cccc(O)c1)C1CC1. The first-order valence-electron chi connectivity index (χ1n) is 6.20. The van der Waals surface area contributed by atoms with Crippen LogP contribution in [0.5, 0.6) is 5.75 Å². The van der Waals surface area contributed by atoms with Crippen molar-refractivity contribution in [2.75, 3.05) is 6.54 Å². The lowest BCUT2D eigenvalue weighted by atomic mass is 10.1. The number of rotatable bonds is 5. The molecule has 1 fully saturated rings. The van der Waals surface area contributed by atoms with Crippen LogP contribution < -0.4 is 5.32 Å².